The van der Waals surface area contributed by atoms with Crippen molar-refractivity contribution in [2.75, 3.05) is 11.5 Å². The first-order chi connectivity index (χ1) is 11.4. The molecule has 0 spiro atoms. The fourth-order valence-electron chi connectivity index (χ4n) is 3.87. The summed E-state index contributed by atoms with van der Waals surface area (Å²) in [6, 6.07) is 4.07. The van der Waals surface area contributed by atoms with Crippen LogP contribution >= 0.6 is 0 Å². The fourth-order valence-corrected chi connectivity index (χ4v) is 3.87. The molecule has 124 valence electrons. The van der Waals surface area contributed by atoms with E-state index in [0.29, 0.717) is 5.56 Å². The lowest BCUT2D eigenvalue weighted by Crippen LogP contribution is -2.43. The minimum Gasteiger partial charge on any atom is -0.393 e. The predicted molar refractivity (Wildman–Crippen MR) is 81.1 cm³/mol. The number of amides is 2. The highest BCUT2D eigenvalue weighted by Crippen LogP contribution is 2.52. The van der Waals surface area contributed by atoms with E-state index in [4.69, 9.17) is 4.74 Å². The number of aliphatic hydroxyl groups is 1. The molecule has 3 aliphatic rings. The lowest BCUT2D eigenvalue weighted by molar-refractivity contribution is -0.384. The Morgan fingerprint density at radius 3 is 2.79 bits per heavy atom. The third-order valence-electron chi connectivity index (χ3n) is 5.05. The standard InChI is InChI=1S/C16H14N2O6/c1-8-2-3-9(18(22)23)6-10(8)17-14(20)12-11-4-5-16(7-19,24-11)13(12)15(17)21/h2-6,11-13,19H,7H2,1H3/t11-,12-,13-,16-/m0/s1. The van der Waals surface area contributed by atoms with Crippen molar-refractivity contribution in [3.63, 3.8) is 0 Å². The van der Waals surface area contributed by atoms with E-state index >= 15 is 0 Å². The van der Waals surface area contributed by atoms with Crippen molar-refractivity contribution in [2.24, 2.45) is 11.8 Å². The third-order valence-corrected chi connectivity index (χ3v) is 5.05. The molecule has 1 N–H and O–H groups in total. The summed E-state index contributed by atoms with van der Waals surface area (Å²) < 4.78 is 5.66. The highest BCUT2D eigenvalue weighted by molar-refractivity contribution is 6.23. The minimum atomic E-state index is -1.18. The van der Waals surface area contributed by atoms with Gasteiger partial charge in [-0.25, -0.2) is 4.90 Å². The van der Waals surface area contributed by atoms with Gasteiger partial charge in [-0.1, -0.05) is 18.2 Å². The number of hydrogen-bond donors (Lipinski definition) is 1. The van der Waals surface area contributed by atoms with Crippen LogP contribution in [0.5, 0.6) is 0 Å². The zero-order chi connectivity index (χ0) is 17.2. The number of aliphatic hydroxyl groups excluding tert-OH is 1. The summed E-state index contributed by atoms with van der Waals surface area (Å²) in [5, 5.41) is 20.7. The molecule has 1 aromatic rings. The summed E-state index contributed by atoms with van der Waals surface area (Å²) in [5.41, 5.74) is -0.573. The first kappa shape index (κ1) is 15.0. The predicted octanol–water partition coefficient (Wildman–Crippen LogP) is 0.709. The summed E-state index contributed by atoms with van der Waals surface area (Å²) in [4.78, 5) is 37.2. The van der Waals surface area contributed by atoms with E-state index in [2.05, 4.69) is 0 Å². The Kier molecular flexibility index (Phi) is 2.94. The van der Waals surface area contributed by atoms with E-state index in [1.165, 1.54) is 18.2 Å². The zero-order valence-corrected chi connectivity index (χ0v) is 12.7. The van der Waals surface area contributed by atoms with Crippen molar-refractivity contribution in [3.8, 4) is 0 Å². The molecule has 2 fully saturated rings. The van der Waals surface area contributed by atoms with Gasteiger partial charge in [-0.15, -0.1) is 0 Å². The molecule has 24 heavy (non-hydrogen) atoms. The SMILES string of the molecule is Cc1ccc([N+](=O)[O-])cc1N1C(=O)[C@H]2[C@@H]3C=C[C@@](CO)(O3)[C@@H]2C1=O. The molecule has 0 saturated carbocycles. The van der Waals surface area contributed by atoms with Gasteiger partial charge in [0.25, 0.3) is 5.69 Å². The maximum Gasteiger partial charge on any atom is 0.271 e. The molecule has 8 heteroatoms. The van der Waals surface area contributed by atoms with Gasteiger partial charge in [0.2, 0.25) is 11.8 Å². The van der Waals surface area contributed by atoms with E-state index in [-0.39, 0.29) is 11.4 Å². The zero-order valence-electron chi connectivity index (χ0n) is 12.7. The summed E-state index contributed by atoms with van der Waals surface area (Å²) in [5.74, 6) is -2.44. The van der Waals surface area contributed by atoms with Gasteiger partial charge in [-0.2, -0.15) is 0 Å². The van der Waals surface area contributed by atoms with Crippen LogP contribution in [-0.2, 0) is 14.3 Å². The van der Waals surface area contributed by atoms with Gasteiger partial charge in [0, 0.05) is 12.1 Å². The fraction of sp³-hybridized carbons (Fsp3) is 0.375. The van der Waals surface area contributed by atoms with Crippen LogP contribution in [0.1, 0.15) is 5.56 Å². The second-order valence-corrected chi connectivity index (χ2v) is 6.30. The van der Waals surface area contributed by atoms with Crippen molar-refractivity contribution in [1.82, 2.24) is 0 Å². The topological polar surface area (TPSA) is 110 Å². The Morgan fingerprint density at radius 1 is 1.38 bits per heavy atom. The van der Waals surface area contributed by atoms with Gasteiger partial charge in [-0.3, -0.25) is 19.7 Å². The first-order valence-corrected chi connectivity index (χ1v) is 7.50. The van der Waals surface area contributed by atoms with E-state index < -0.39 is 46.9 Å². The van der Waals surface area contributed by atoms with Crippen LogP contribution < -0.4 is 4.90 Å². The Bertz CT molecular complexity index is 819. The lowest BCUT2D eigenvalue weighted by Gasteiger charge is -2.26. The third kappa shape index (κ3) is 1.69. The van der Waals surface area contributed by atoms with Crippen LogP contribution in [0.2, 0.25) is 0 Å². The number of aryl methyl sites for hydroxylation is 1. The summed E-state index contributed by atoms with van der Waals surface area (Å²) in [7, 11) is 0. The van der Waals surface area contributed by atoms with Crippen LogP contribution in [0, 0.1) is 28.9 Å². The number of imide groups is 1. The number of nitro benzene ring substituents is 1. The molecule has 2 bridgehead atoms. The minimum absolute atomic E-state index is 0.192. The van der Waals surface area contributed by atoms with Gasteiger partial charge in [0.05, 0.1) is 35.2 Å². The summed E-state index contributed by atoms with van der Waals surface area (Å²) in [6.45, 7) is 1.28. The van der Waals surface area contributed by atoms with Crippen LogP contribution in [0.4, 0.5) is 11.4 Å². The maximum atomic E-state index is 12.9. The highest BCUT2D eigenvalue weighted by Gasteiger charge is 2.67. The molecule has 2 saturated heterocycles. The first-order valence-electron chi connectivity index (χ1n) is 7.50. The van der Waals surface area contributed by atoms with Crippen molar-refractivity contribution in [2.45, 2.75) is 18.6 Å². The quantitative estimate of drug-likeness (QED) is 0.378. The number of anilines is 1. The summed E-state index contributed by atoms with van der Waals surface area (Å²) in [6.07, 6.45) is 2.77. The number of nitrogens with zero attached hydrogens (tertiary/aromatic N) is 2. The van der Waals surface area contributed by atoms with Crippen molar-refractivity contribution >= 4 is 23.2 Å². The molecule has 0 unspecified atom stereocenters. The lowest BCUT2D eigenvalue weighted by atomic mass is 9.77. The molecule has 3 heterocycles. The molecule has 4 atom stereocenters. The smallest absolute Gasteiger partial charge is 0.271 e. The molecule has 2 amide bonds. The monoisotopic (exact) mass is 330 g/mol. The van der Waals surface area contributed by atoms with Crippen LogP contribution in [0.25, 0.3) is 0 Å². The Balaban J connectivity index is 1.80. The molecule has 3 aliphatic heterocycles. The second-order valence-electron chi connectivity index (χ2n) is 6.30. The molecular formula is C16H14N2O6. The van der Waals surface area contributed by atoms with Crippen molar-refractivity contribution < 1.29 is 24.4 Å². The number of ether oxygens (including phenoxy) is 1. The number of non-ortho nitro benzene ring substituents is 1. The van der Waals surface area contributed by atoms with E-state index in [0.717, 1.165) is 4.90 Å². The van der Waals surface area contributed by atoms with Crippen molar-refractivity contribution in [3.05, 3.63) is 46.0 Å². The van der Waals surface area contributed by atoms with E-state index in [9.17, 15) is 24.8 Å². The Morgan fingerprint density at radius 2 is 2.12 bits per heavy atom. The van der Waals surface area contributed by atoms with Gasteiger partial charge >= 0.3 is 0 Å². The molecule has 8 nitrogen and oxygen atoms in total. The van der Waals surface area contributed by atoms with Crippen LogP contribution in [0.3, 0.4) is 0 Å². The van der Waals surface area contributed by atoms with Gasteiger partial charge in [0.1, 0.15) is 5.60 Å². The van der Waals surface area contributed by atoms with Gasteiger partial charge < -0.3 is 9.84 Å². The normalized spacial score (nSPS) is 33.4. The van der Waals surface area contributed by atoms with E-state index in [1.807, 2.05) is 0 Å². The maximum absolute atomic E-state index is 12.9. The van der Waals surface area contributed by atoms with Crippen LogP contribution in [-0.4, -0.2) is 40.2 Å². The molecule has 0 aliphatic carbocycles. The highest BCUT2D eigenvalue weighted by atomic mass is 16.6. The summed E-state index contributed by atoms with van der Waals surface area (Å²) >= 11 is 0. The number of carbonyl (C=O) groups excluding carboxylic acids is 2. The average Bonchev–Trinajstić information content (AvgIpc) is 3.19. The van der Waals surface area contributed by atoms with Crippen molar-refractivity contribution in [1.29, 1.82) is 0 Å². The Hall–Kier alpha value is -2.58. The number of fused-ring (bicyclic) bond motifs is 5. The number of benzene rings is 1. The molecule has 0 aromatic heterocycles. The number of rotatable bonds is 3. The number of carbonyl (C=O) groups is 2. The van der Waals surface area contributed by atoms with Gasteiger partial charge in [-0.05, 0) is 12.5 Å². The molecule has 4 rings (SSSR count). The number of nitro groups is 1. The number of hydrogen-bond acceptors (Lipinski definition) is 6. The van der Waals surface area contributed by atoms with Gasteiger partial charge in [0.15, 0.2) is 0 Å². The molecular weight excluding hydrogens is 316 g/mol. The average molecular weight is 330 g/mol. The molecule has 1 aromatic carbocycles. The second kappa shape index (κ2) is 4.71. The van der Waals surface area contributed by atoms with E-state index in [1.54, 1.807) is 19.1 Å². The molecule has 0 radical (unpaired) electrons. The Labute approximate surface area is 136 Å². The van der Waals surface area contributed by atoms with Crippen LogP contribution in [0.15, 0.2) is 30.4 Å². The largest absolute Gasteiger partial charge is 0.393 e.